The Kier molecular flexibility index (Phi) is 16.2. The molecule has 0 unspecified atom stereocenters. The number of hydrogen-bond acceptors (Lipinski definition) is 2. The second-order valence-electron chi connectivity index (χ2n) is 0.610. The third-order valence-corrected chi connectivity index (χ3v) is 0.183. The molecule has 0 fully saturated rings. The molecule has 0 radical (unpaired) electrons. The summed E-state index contributed by atoms with van der Waals surface area (Å²) in [5.41, 5.74) is 0. The molecular weight excluding hydrogens is 186 g/mol. The number of aliphatic carboxylic acids is 2. The van der Waals surface area contributed by atoms with Gasteiger partial charge in [-0.1, -0.05) is 0 Å². The standard InChI is InChI=1S/C2H2O4.K.Ni.H/c3-1(4)2(5)6;;;/h(H,3,4)(H,5,6);;;. The SMILES string of the molecule is O=C(O)C(=O)O.[KH].[Ni]. The van der Waals surface area contributed by atoms with Crippen LogP contribution >= 0.6 is 0 Å². The first kappa shape index (κ1) is 16.0. The molecule has 8 heavy (non-hydrogen) atoms. The number of hydrogen-bond donors (Lipinski definition) is 2. The molecule has 0 aromatic rings. The summed E-state index contributed by atoms with van der Waals surface area (Å²) in [4.78, 5) is 18.2. The van der Waals surface area contributed by atoms with Crippen molar-refractivity contribution in [3.05, 3.63) is 0 Å². The Hall–Kier alpha value is 1.07. The molecule has 0 aliphatic heterocycles. The smallest absolute Gasteiger partial charge is 0 e. The van der Waals surface area contributed by atoms with E-state index < -0.39 is 11.9 Å². The molecule has 0 aromatic heterocycles. The fourth-order valence-electron chi connectivity index (χ4n) is 0. The van der Waals surface area contributed by atoms with Gasteiger partial charge in [0.1, 0.15) is 0 Å². The molecule has 0 saturated heterocycles. The first-order valence-electron chi connectivity index (χ1n) is 1.11. The Balaban J connectivity index is -0.000000125. The molecule has 0 aliphatic carbocycles. The Morgan fingerprint density at radius 2 is 1.12 bits per heavy atom. The van der Waals surface area contributed by atoms with Gasteiger partial charge in [0.05, 0.1) is 0 Å². The van der Waals surface area contributed by atoms with Crippen LogP contribution in [0.1, 0.15) is 0 Å². The second kappa shape index (κ2) is 8.07. The number of rotatable bonds is 0. The van der Waals surface area contributed by atoms with Gasteiger partial charge in [-0.15, -0.1) is 0 Å². The van der Waals surface area contributed by atoms with Crippen molar-refractivity contribution in [2.24, 2.45) is 0 Å². The first-order chi connectivity index (χ1) is 2.64. The van der Waals surface area contributed by atoms with E-state index in [1.165, 1.54) is 0 Å². The van der Waals surface area contributed by atoms with Crippen LogP contribution in [0.25, 0.3) is 0 Å². The average Bonchev–Trinajstić information content (AvgIpc) is 1.36. The molecule has 0 aliphatic rings. The summed E-state index contributed by atoms with van der Waals surface area (Å²) in [5.74, 6) is -3.65. The summed E-state index contributed by atoms with van der Waals surface area (Å²) >= 11 is 0. The van der Waals surface area contributed by atoms with Gasteiger partial charge in [-0.3, -0.25) is 0 Å². The zero-order valence-corrected chi connectivity index (χ0v) is 4.01. The van der Waals surface area contributed by atoms with Gasteiger partial charge in [0, 0.05) is 16.5 Å². The minimum Gasteiger partial charge on any atom is 0 e. The van der Waals surface area contributed by atoms with Crippen molar-refractivity contribution in [1.29, 1.82) is 0 Å². The summed E-state index contributed by atoms with van der Waals surface area (Å²) in [5, 5.41) is 14.8. The van der Waals surface area contributed by atoms with Crippen LogP contribution in [0, 0.1) is 0 Å². The minimum absolute atomic E-state index is 0. The zero-order valence-electron chi connectivity index (χ0n) is 3.03. The van der Waals surface area contributed by atoms with E-state index in [2.05, 4.69) is 0 Å². The molecule has 0 spiro atoms. The number of carboxylic acids is 2. The van der Waals surface area contributed by atoms with Gasteiger partial charge in [0.2, 0.25) is 0 Å². The summed E-state index contributed by atoms with van der Waals surface area (Å²) in [7, 11) is 0. The maximum Gasteiger partial charge on any atom is 0 e. The van der Waals surface area contributed by atoms with E-state index in [0.717, 1.165) is 0 Å². The van der Waals surface area contributed by atoms with Crippen LogP contribution in [0.4, 0.5) is 0 Å². The molecule has 0 aromatic carbocycles. The van der Waals surface area contributed by atoms with Gasteiger partial charge in [0.15, 0.2) is 0 Å². The van der Waals surface area contributed by atoms with Crippen molar-refractivity contribution in [2.45, 2.75) is 0 Å². The van der Waals surface area contributed by atoms with Gasteiger partial charge in [-0.2, -0.15) is 0 Å². The van der Waals surface area contributed by atoms with Crippen molar-refractivity contribution in [3.8, 4) is 0 Å². The van der Waals surface area contributed by atoms with E-state index in [1.54, 1.807) is 0 Å². The number of carbonyl (C=O) groups is 2. The Labute approximate surface area is 98.0 Å². The van der Waals surface area contributed by atoms with Crippen LogP contribution in [0.5, 0.6) is 0 Å². The third kappa shape index (κ3) is 10.1. The molecule has 0 amide bonds. The van der Waals surface area contributed by atoms with Gasteiger partial charge in [-0.25, -0.2) is 9.59 Å². The van der Waals surface area contributed by atoms with E-state index >= 15 is 0 Å². The molecule has 4 nitrogen and oxygen atoms in total. The van der Waals surface area contributed by atoms with Crippen molar-refractivity contribution >= 4 is 63.3 Å². The maximum absolute atomic E-state index is 9.10. The van der Waals surface area contributed by atoms with Gasteiger partial charge < -0.3 is 10.2 Å². The van der Waals surface area contributed by atoms with E-state index in [9.17, 15) is 0 Å². The van der Waals surface area contributed by atoms with Crippen molar-refractivity contribution in [2.75, 3.05) is 0 Å². The fraction of sp³-hybridized carbons (Fsp3) is 0. The van der Waals surface area contributed by atoms with Crippen LogP contribution in [-0.4, -0.2) is 73.5 Å². The van der Waals surface area contributed by atoms with Crippen LogP contribution in [0.15, 0.2) is 0 Å². The predicted molar refractivity (Wildman–Crippen MR) is 22.4 cm³/mol. The van der Waals surface area contributed by atoms with Gasteiger partial charge >= 0.3 is 63.3 Å². The van der Waals surface area contributed by atoms with Crippen molar-refractivity contribution in [1.82, 2.24) is 0 Å². The molecule has 0 rings (SSSR count). The van der Waals surface area contributed by atoms with E-state index in [-0.39, 0.29) is 67.9 Å². The maximum atomic E-state index is 9.10. The molecule has 2 N–H and O–H groups in total. The van der Waals surface area contributed by atoms with Crippen LogP contribution in [0.3, 0.4) is 0 Å². The van der Waals surface area contributed by atoms with Crippen molar-refractivity contribution < 1.29 is 36.3 Å². The molecule has 6 heteroatoms. The monoisotopic (exact) mass is 188 g/mol. The average molecular weight is 189 g/mol. The van der Waals surface area contributed by atoms with Gasteiger partial charge in [0.25, 0.3) is 0 Å². The normalized spacial score (nSPS) is 5.50. The summed E-state index contributed by atoms with van der Waals surface area (Å²) in [6.45, 7) is 0. The molecule has 0 atom stereocenters. The largest absolute Gasteiger partial charge is 0 e. The summed E-state index contributed by atoms with van der Waals surface area (Å²) in [6, 6.07) is 0. The third-order valence-electron chi connectivity index (χ3n) is 0.183. The molecular formula is C2H3KNiO4. The minimum atomic E-state index is -1.82. The Morgan fingerprint density at radius 3 is 1.12 bits per heavy atom. The van der Waals surface area contributed by atoms with Crippen LogP contribution in [-0.2, 0) is 26.1 Å². The molecule has 0 heterocycles. The van der Waals surface area contributed by atoms with E-state index in [4.69, 9.17) is 19.8 Å². The Morgan fingerprint density at radius 1 is 1.00 bits per heavy atom. The molecule has 0 saturated carbocycles. The summed E-state index contributed by atoms with van der Waals surface area (Å²) < 4.78 is 0. The van der Waals surface area contributed by atoms with E-state index in [0.29, 0.717) is 0 Å². The van der Waals surface area contributed by atoms with E-state index in [1.807, 2.05) is 0 Å². The quantitative estimate of drug-likeness (QED) is 0.359. The fourth-order valence-corrected chi connectivity index (χ4v) is 0. The molecule has 46 valence electrons. The summed E-state index contributed by atoms with van der Waals surface area (Å²) in [6.07, 6.45) is 0. The predicted octanol–water partition coefficient (Wildman–Crippen LogP) is -1.50. The zero-order chi connectivity index (χ0) is 5.15. The topological polar surface area (TPSA) is 74.6 Å². The molecule has 0 bridgehead atoms. The number of carboxylic acid groups (broad SMARTS) is 2. The van der Waals surface area contributed by atoms with Crippen LogP contribution < -0.4 is 0 Å². The first-order valence-corrected chi connectivity index (χ1v) is 1.11. The second-order valence-corrected chi connectivity index (χ2v) is 0.610. The van der Waals surface area contributed by atoms with Crippen LogP contribution in [0.2, 0.25) is 0 Å². The van der Waals surface area contributed by atoms with Crippen molar-refractivity contribution in [3.63, 3.8) is 0 Å². The van der Waals surface area contributed by atoms with Gasteiger partial charge in [-0.05, 0) is 0 Å². The Bertz CT molecular complexity index is 80.0.